The summed E-state index contributed by atoms with van der Waals surface area (Å²) in [5.41, 5.74) is 1.30. The lowest BCUT2D eigenvalue weighted by Gasteiger charge is -2.08. The predicted molar refractivity (Wildman–Crippen MR) is 78.9 cm³/mol. The second-order valence-electron chi connectivity index (χ2n) is 5.06. The highest BCUT2D eigenvalue weighted by atomic mass is 16.2. The molecule has 0 aliphatic heterocycles. The van der Waals surface area contributed by atoms with E-state index in [0.717, 1.165) is 25.7 Å². The molecule has 0 spiro atoms. The number of nitrogens with one attached hydrogen (secondary N) is 3. The van der Waals surface area contributed by atoms with Crippen molar-refractivity contribution in [1.82, 2.24) is 10.6 Å². The number of carbonyl (C=O) groups is 2. The first-order chi connectivity index (χ1) is 9.69. The number of unbranched alkanes of at least 4 members (excludes halogenated alkanes) is 1. The average molecular weight is 275 g/mol. The van der Waals surface area contributed by atoms with Gasteiger partial charge in [-0.05, 0) is 43.5 Å². The Bertz CT molecular complexity index is 467. The first kappa shape index (κ1) is 14.4. The Morgan fingerprint density at radius 2 is 1.90 bits per heavy atom. The van der Waals surface area contributed by atoms with E-state index in [-0.39, 0.29) is 11.9 Å². The van der Waals surface area contributed by atoms with Gasteiger partial charge in [0.15, 0.2) is 0 Å². The predicted octanol–water partition coefficient (Wildman–Crippen LogP) is 2.50. The van der Waals surface area contributed by atoms with Gasteiger partial charge in [0.25, 0.3) is 5.91 Å². The second-order valence-corrected chi connectivity index (χ2v) is 5.06. The van der Waals surface area contributed by atoms with Crippen LogP contribution in [0, 0.1) is 0 Å². The van der Waals surface area contributed by atoms with Gasteiger partial charge >= 0.3 is 6.03 Å². The smallest absolute Gasteiger partial charge is 0.319 e. The Balaban J connectivity index is 1.81. The van der Waals surface area contributed by atoms with Gasteiger partial charge in [0, 0.05) is 23.8 Å². The van der Waals surface area contributed by atoms with E-state index in [9.17, 15) is 9.59 Å². The van der Waals surface area contributed by atoms with Crippen LogP contribution in [0.4, 0.5) is 10.5 Å². The summed E-state index contributed by atoms with van der Waals surface area (Å²) in [5, 5.41) is 8.44. The summed E-state index contributed by atoms with van der Waals surface area (Å²) in [5.74, 6) is -0.0496. The normalized spacial score (nSPS) is 13.7. The van der Waals surface area contributed by atoms with Gasteiger partial charge in [0.2, 0.25) is 0 Å². The lowest BCUT2D eigenvalue weighted by molar-refractivity contribution is 0.0951. The van der Waals surface area contributed by atoms with E-state index in [2.05, 4.69) is 22.9 Å². The molecule has 0 unspecified atom stereocenters. The van der Waals surface area contributed by atoms with Gasteiger partial charge in [-0.25, -0.2) is 4.79 Å². The largest absolute Gasteiger partial charge is 0.349 e. The van der Waals surface area contributed by atoms with E-state index in [1.54, 1.807) is 24.3 Å². The molecule has 1 aliphatic carbocycles. The zero-order chi connectivity index (χ0) is 14.4. The van der Waals surface area contributed by atoms with E-state index in [0.29, 0.717) is 23.8 Å². The molecule has 2 rings (SSSR count). The molecule has 3 amide bonds. The summed E-state index contributed by atoms with van der Waals surface area (Å²) in [6.45, 7) is 2.75. The maximum absolute atomic E-state index is 11.8. The maximum atomic E-state index is 11.8. The summed E-state index contributed by atoms with van der Waals surface area (Å²) in [6.07, 6.45) is 4.16. The quantitative estimate of drug-likeness (QED) is 0.698. The van der Waals surface area contributed by atoms with E-state index in [4.69, 9.17) is 0 Å². The molecule has 0 aromatic heterocycles. The lowest BCUT2D eigenvalue weighted by Crippen LogP contribution is -2.29. The summed E-state index contributed by atoms with van der Waals surface area (Å²) < 4.78 is 0. The minimum absolute atomic E-state index is 0.0496. The van der Waals surface area contributed by atoms with Crippen molar-refractivity contribution in [1.29, 1.82) is 0 Å². The molecule has 0 heterocycles. The molecular weight excluding hydrogens is 254 g/mol. The average Bonchev–Trinajstić information content (AvgIpc) is 3.24. The van der Waals surface area contributed by atoms with E-state index in [1.807, 2.05) is 0 Å². The fourth-order valence-electron chi connectivity index (χ4n) is 1.76. The number of urea groups is 1. The van der Waals surface area contributed by atoms with Gasteiger partial charge in [-0.2, -0.15) is 0 Å². The van der Waals surface area contributed by atoms with Crippen LogP contribution in [0.5, 0.6) is 0 Å². The number of anilines is 1. The van der Waals surface area contributed by atoms with Gasteiger partial charge in [-0.15, -0.1) is 0 Å². The van der Waals surface area contributed by atoms with Crippen LogP contribution in [0.25, 0.3) is 0 Å². The number of hydrogen-bond donors (Lipinski definition) is 3. The third-order valence-corrected chi connectivity index (χ3v) is 3.13. The van der Waals surface area contributed by atoms with Crippen molar-refractivity contribution in [3.63, 3.8) is 0 Å². The SMILES string of the molecule is CCCCNC(=O)Nc1ccc(C(=O)NC2CC2)cc1. The first-order valence-electron chi connectivity index (χ1n) is 7.15. The fourth-order valence-corrected chi connectivity index (χ4v) is 1.76. The maximum Gasteiger partial charge on any atom is 0.319 e. The molecule has 20 heavy (non-hydrogen) atoms. The summed E-state index contributed by atoms with van der Waals surface area (Å²) in [6, 6.07) is 7.06. The molecule has 1 fully saturated rings. The van der Waals surface area contributed by atoms with Crippen LogP contribution in [0.15, 0.2) is 24.3 Å². The van der Waals surface area contributed by atoms with Crippen LogP contribution in [0.1, 0.15) is 43.0 Å². The first-order valence-corrected chi connectivity index (χ1v) is 7.15. The topological polar surface area (TPSA) is 70.2 Å². The van der Waals surface area contributed by atoms with Crippen molar-refractivity contribution >= 4 is 17.6 Å². The van der Waals surface area contributed by atoms with Crippen molar-refractivity contribution in [3.05, 3.63) is 29.8 Å². The third-order valence-electron chi connectivity index (χ3n) is 3.13. The standard InChI is InChI=1S/C15H21N3O2/c1-2-3-10-16-15(20)18-13-6-4-11(5-7-13)14(19)17-12-8-9-12/h4-7,12H,2-3,8-10H2,1H3,(H,17,19)(H2,16,18,20). The van der Waals surface area contributed by atoms with Gasteiger partial charge in [-0.1, -0.05) is 13.3 Å². The van der Waals surface area contributed by atoms with Gasteiger partial charge < -0.3 is 16.0 Å². The molecule has 0 atom stereocenters. The highest BCUT2D eigenvalue weighted by Crippen LogP contribution is 2.19. The molecule has 108 valence electrons. The number of rotatable bonds is 6. The lowest BCUT2D eigenvalue weighted by atomic mass is 10.2. The second kappa shape index (κ2) is 6.93. The Labute approximate surface area is 119 Å². The minimum Gasteiger partial charge on any atom is -0.349 e. The van der Waals surface area contributed by atoms with Crippen LogP contribution in [0.3, 0.4) is 0 Å². The molecule has 5 heteroatoms. The van der Waals surface area contributed by atoms with Crippen molar-refractivity contribution in [2.75, 3.05) is 11.9 Å². The molecule has 1 saturated carbocycles. The highest BCUT2D eigenvalue weighted by Gasteiger charge is 2.23. The molecular formula is C15H21N3O2. The van der Waals surface area contributed by atoms with Crippen molar-refractivity contribution < 1.29 is 9.59 Å². The van der Waals surface area contributed by atoms with Crippen LogP contribution >= 0.6 is 0 Å². The Morgan fingerprint density at radius 1 is 1.20 bits per heavy atom. The van der Waals surface area contributed by atoms with E-state index in [1.165, 1.54) is 0 Å². The molecule has 1 aliphatic rings. The van der Waals surface area contributed by atoms with Crippen molar-refractivity contribution in [3.8, 4) is 0 Å². The Hall–Kier alpha value is -2.04. The molecule has 1 aromatic rings. The number of benzene rings is 1. The number of carbonyl (C=O) groups excluding carboxylic acids is 2. The molecule has 0 saturated heterocycles. The highest BCUT2D eigenvalue weighted by molar-refractivity contribution is 5.95. The van der Waals surface area contributed by atoms with Gasteiger partial charge in [0.05, 0.1) is 0 Å². The summed E-state index contributed by atoms with van der Waals surface area (Å²) >= 11 is 0. The van der Waals surface area contributed by atoms with Crippen LogP contribution in [-0.4, -0.2) is 24.5 Å². The fraction of sp³-hybridized carbons (Fsp3) is 0.467. The van der Waals surface area contributed by atoms with Crippen molar-refractivity contribution in [2.45, 2.75) is 38.6 Å². The summed E-state index contributed by atoms with van der Waals surface area (Å²) in [4.78, 5) is 23.4. The van der Waals surface area contributed by atoms with Crippen LogP contribution in [0.2, 0.25) is 0 Å². The molecule has 0 radical (unpaired) electrons. The number of hydrogen-bond acceptors (Lipinski definition) is 2. The van der Waals surface area contributed by atoms with Crippen LogP contribution in [-0.2, 0) is 0 Å². The molecule has 3 N–H and O–H groups in total. The van der Waals surface area contributed by atoms with E-state index >= 15 is 0 Å². The summed E-state index contributed by atoms with van der Waals surface area (Å²) in [7, 11) is 0. The van der Waals surface area contributed by atoms with Crippen LogP contribution < -0.4 is 16.0 Å². The molecule has 1 aromatic carbocycles. The van der Waals surface area contributed by atoms with Gasteiger partial charge in [0.1, 0.15) is 0 Å². The zero-order valence-electron chi connectivity index (χ0n) is 11.7. The van der Waals surface area contributed by atoms with Crippen molar-refractivity contribution in [2.24, 2.45) is 0 Å². The number of amides is 3. The Kier molecular flexibility index (Phi) is 4.98. The molecule has 0 bridgehead atoms. The Morgan fingerprint density at radius 3 is 2.50 bits per heavy atom. The van der Waals surface area contributed by atoms with Gasteiger partial charge in [-0.3, -0.25) is 4.79 Å². The third kappa shape index (κ3) is 4.57. The minimum atomic E-state index is -0.214. The monoisotopic (exact) mass is 275 g/mol. The zero-order valence-corrected chi connectivity index (χ0v) is 11.7. The molecule has 5 nitrogen and oxygen atoms in total. The van der Waals surface area contributed by atoms with E-state index < -0.39 is 0 Å².